The monoisotopic (exact) mass is 426 g/mol. The van der Waals surface area contributed by atoms with Gasteiger partial charge in [0, 0.05) is 31.7 Å². The molecular weight excluding hydrogens is 400 g/mol. The van der Waals surface area contributed by atoms with E-state index in [-0.39, 0.29) is 6.04 Å². The minimum absolute atomic E-state index is 0.0825. The molecule has 2 heterocycles. The summed E-state index contributed by atoms with van der Waals surface area (Å²) in [6.45, 7) is 7.89. The normalized spacial score (nSPS) is 17.2. The molecule has 0 saturated carbocycles. The van der Waals surface area contributed by atoms with Crippen molar-refractivity contribution in [2.24, 2.45) is 0 Å². The fraction of sp³-hybridized carbons (Fsp3) is 0.364. The van der Waals surface area contributed by atoms with E-state index in [1.54, 1.807) is 10.4 Å². The highest BCUT2D eigenvalue weighted by Crippen LogP contribution is 2.26. The molecule has 7 nitrogen and oxygen atoms in total. The number of hydrogen-bond donors (Lipinski definition) is 0. The van der Waals surface area contributed by atoms with Gasteiger partial charge in [-0.2, -0.15) is 9.29 Å². The molecule has 1 aliphatic rings. The van der Waals surface area contributed by atoms with Crippen molar-refractivity contribution in [1.29, 1.82) is 0 Å². The summed E-state index contributed by atoms with van der Waals surface area (Å²) in [5, 5.41) is 4.09. The molecule has 8 heteroatoms. The van der Waals surface area contributed by atoms with Gasteiger partial charge in [0.05, 0.1) is 10.9 Å². The SMILES string of the molecule is Cc1ccc(S(=O)(=O)N2CCN(C(C)c3nc(-c4ccccc4)no3)CC2)c(C)c1. The van der Waals surface area contributed by atoms with E-state index in [2.05, 4.69) is 15.0 Å². The summed E-state index contributed by atoms with van der Waals surface area (Å²) < 4.78 is 33.2. The molecular formula is C22H26N4O3S. The molecule has 0 spiro atoms. The van der Waals surface area contributed by atoms with Crippen LogP contribution in [0.15, 0.2) is 57.9 Å². The van der Waals surface area contributed by atoms with E-state index in [0.29, 0.717) is 42.8 Å². The Balaban J connectivity index is 1.44. The average Bonchev–Trinajstić information content (AvgIpc) is 3.24. The molecule has 1 fully saturated rings. The summed E-state index contributed by atoms with van der Waals surface area (Å²) >= 11 is 0. The maximum atomic E-state index is 13.1. The standard InChI is InChI=1S/C22H26N4O3S/c1-16-9-10-20(17(2)15-16)30(27,28)26-13-11-25(12-14-26)18(3)22-23-21(24-29-22)19-7-5-4-6-8-19/h4-10,15,18H,11-14H2,1-3H3. The second kappa shape index (κ2) is 8.29. The van der Waals surface area contributed by atoms with Crippen molar-refractivity contribution in [1.82, 2.24) is 19.3 Å². The van der Waals surface area contributed by atoms with Gasteiger partial charge >= 0.3 is 0 Å². The largest absolute Gasteiger partial charge is 0.337 e. The highest BCUT2D eigenvalue weighted by molar-refractivity contribution is 7.89. The highest BCUT2D eigenvalue weighted by atomic mass is 32.2. The minimum Gasteiger partial charge on any atom is -0.337 e. The van der Waals surface area contributed by atoms with E-state index in [1.807, 2.05) is 63.2 Å². The maximum absolute atomic E-state index is 13.1. The Labute approximate surface area is 177 Å². The Hall–Kier alpha value is -2.55. The maximum Gasteiger partial charge on any atom is 0.244 e. The molecule has 1 atom stereocenters. The first-order chi connectivity index (χ1) is 14.4. The molecule has 1 aromatic heterocycles. The van der Waals surface area contributed by atoms with E-state index >= 15 is 0 Å². The second-order valence-corrected chi connectivity index (χ2v) is 9.61. The van der Waals surface area contributed by atoms with Gasteiger partial charge in [-0.25, -0.2) is 8.42 Å². The van der Waals surface area contributed by atoms with Crippen LogP contribution in [-0.2, 0) is 10.0 Å². The average molecular weight is 427 g/mol. The Bertz CT molecular complexity index is 1120. The summed E-state index contributed by atoms with van der Waals surface area (Å²) in [6, 6.07) is 15.1. The zero-order valence-corrected chi connectivity index (χ0v) is 18.3. The van der Waals surface area contributed by atoms with Gasteiger partial charge in [-0.3, -0.25) is 4.90 Å². The predicted octanol–water partition coefficient (Wildman–Crippen LogP) is 3.42. The van der Waals surface area contributed by atoms with Gasteiger partial charge in [0.15, 0.2) is 0 Å². The topological polar surface area (TPSA) is 79.5 Å². The van der Waals surface area contributed by atoms with Crippen LogP contribution in [0, 0.1) is 13.8 Å². The van der Waals surface area contributed by atoms with Gasteiger partial charge in [0.1, 0.15) is 0 Å². The third-order valence-electron chi connectivity index (χ3n) is 5.60. The van der Waals surface area contributed by atoms with E-state index in [4.69, 9.17) is 4.52 Å². The van der Waals surface area contributed by atoms with Crippen LogP contribution in [0.2, 0.25) is 0 Å². The number of sulfonamides is 1. The van der Waals surface area contributed by atoms with Crippen LogP contribution < -0.4 is 0 Å². The van der Waals surface area contributed by atoms with Crippen molar-refractivity contribution in [3.05, 3.63) is 65.5 Å². The molecule has 0 bridgehead atoms. The van der Waals surface area contributed by atoms with Crippen LogP contribution in [-0.4, -0.2) is 53.9 Å². The quantitative estimate of drug-likeness (QED) is 0.622. The summed E-state index contributed by atoms with van der Waals surface area (Å²) in [6.07, 6.45) is 0. The second-order valence-electron chi connectivity index (χ2n) is 7.71. The zero-order chi connectivity index (χ0) is 21.3. The van der Waals surface area contributed by atoms with Crippen molar-refractivity contribution in [2.75, 3.05) is 26.2 Å². The van der Waals surface area contributed by atoms with Crippen LogP contribution in [0.1, 0.15) is 30.0 Å². The van der Waals surface area contributed by atoms with Crippen LogP contribution in [0.3, 0.4) is 0 Å². The van der Waals surface area contributed by atoms with Gasteiger partial charge in [-0.15, -0.1) is 0 Å². The van der Waals surface area contributed by atoms with E-state index in [0.717, 1.165) is 16.7 Å². The summed E-state index contributed by atoms with van der Waals surface area (Å²) in [5.74, 6) is 1.10. The Morgan fingerprint density at radius 3 is 2.37 bits per heavy atom. The van der Waals surface area contributed by atoms with E-state index in [9.17, 15) is 8.42 Å². The lowest BCUT2D eigenvalue weighted by Gasteiger charge is -2.36. The van der Waals surface area contributed by atoms with Crippen LogP contribution >= 0.6 is 0 Å². The fourth-order valence-electron chi connectivity index (χ4n) is 3.82. The summed E-state index contributed by atoms with van der Waals surface area (Å²) in [7, 11) is -3.50. The molecule has 1 aliphatic heterocycles. The Morgan fingerprint density at radius 2 is 1.70 bits per heavy atom. The minimum atomic E-state index is -3.50. The van der Waals surface area contributed by atoms with Crippen LogP contribution in [0.25, 0.3) is 11.4 Å². The van der Waals surface area contributed by atoms with Crippen LogP contribution in [0.4, 0.5) is 0 Å². The zero-order valence-electron chi connectivity index (χ0n) is 17.4. The number of nitrogens with zero attached hydrogens (tertiary/aromatic N) is 4. The molecule has 3 aromatic rings. The summed E-state index contributed by atoms with van der Waals surface area (Å²) in [4.78, 5) is 7.10. The predicted molar refractivity (Wildman–Crippen MR) is 114 cm³/mol. The van der Waals surface area contributed by atoms with Crippen molar-refractivity contribution >= 4 is 10.0 Å². The van der Waals surface area contributed by atoms with Crippen molar-refractivity contribution in [3.8, 4) is 11.4 Å². The lowest BCUT2D eigenvalue weighted by molar-refractivity contribution is 0.124. The fourth-order valence-corrected chi connectivity index (χ4v) is 5.45. The number of aryl methyl sites for hydroxylation is 2. The van der Waals surface area contributed by atoms with E-state index in [1.165, 1.54) is 0 Å². The van der Waals surface area contributed by atoms with Crippen molar-refractivity contribution < 1.29 is 12.9 Å². The first-order valence-corrected chi connectivity index (χ1v) is 11.5. The molecule has 158 valence electrons. The molecule has 0 radical (unpaired) electrons. The third kappa shape index (κ3) is 4.03. The van der Waals surface area contributed by atoms with Crippen molar-refractivity contribution in [2.45, 2.75) is 31.7 Å². The molecule has 0 amide bonds. The lowest BCUT2D eigenvalue weighted by atomic mass is 10.2. The number of piperazine rings is 1. The van der Waals surface area contributed by atoms with Crippen molar-refractivity contribution in [3.63, 3.8) is 0 Å². The number of benzene rings is 2. The first kappa shape index (κ1) is 20.7. The molecule has 2 aromatic carbocycles. The molecule has 30 heavy (non-hydrogen) atoms. The number of hydrogen-bond acceptors (Lipinski definition) is 6. The lowest BCUT2D eigenvalue weighted by Crippen LogP contribution is -2.49. The highest BCUT2D eigenvalue weighted by Gasteiger charge is 2.32. The van der Waals surface area contributed by atoms with Gasteiger partial charge in [-0.05, 0) is 32.4 Å². The van der Waals surface area contributed by atoms with Gasteiger partial charge < -0.3 is 4.52 Å². The first-order valence-electron chi connectivity index (χ1n) is 10.1. The molecule has 0 aliphatic carbocycles. The smallest absolute Gasteiger partial charge is 0.244 e. The Morgan fingerprint density at radius 1 is 1.00 bits per heavy atom. The number of rotatable bonds is 5. The third-order valence-corrected chi connectivity index (χ3v) is 7.66. The van der Waals surface area contributed by atoms with Crippen LogP contribution in [0.5, 0.6) is 0 Å². The van der Waals surface area contributed by atoms with Gasteiger partial charge in [0.25, 0.3) is 0 Å². The molecule has 4 rings (SSSR count). The number of aromatic nitrogens is 2. The summed E-state index contributed by atoms with van der Waals surface area (Å²) in [5.41, 5.74) is 2.74. The van der Waals surface area contributed by atoms with Gasteiger partial charge in [0.2, 0.25) is 21.7 Å². The van der Waals surface area contributed by atoms with Gasteiger partial charge in [-0.1, -0.05) is 53.2 Å². The Kier molecular flexibility index (Phi) is 5.73. The molecule has 1 saturated heterocycles. The van der Waals surface area contributed by atoms with E-state index < -0.39 is 10.0 Å². The molecule has 1 unspecified atom stereocenters. The molecule has 0 N–H and O–H groups in total.